The Hall–Kier alpha value is -2.02. The zero-order valence-electron chi connectivity index (χ0n) is 11.5. The topological polar surface area (TPSA) is 57.6 Å². The molecule has 3 rings (SSSR count). The number of hydrogen-bond donors (Lipinski definition) is 1. The van der Waals surface area contributed by atoms with Crippen molar-refractivity contribution < 1.29 is 27.9 Å². The van der Waals surface area contributed by atoms with Crippen molar-refractivity contribution in [1.82, 2.24) is 0 Å². The molecule has 1 aliphatic carbocycles. The fraction of sp³-hybridized carbons (Fsp3) is 0.333. The van der Waals surface area contributed by atoms with Crippen LogP contribution in [0.2, 0.25) is 5.02 Å². The molecule has 23 heavy (non-hydrogen) atoms. The summed E-state index contributed by atoms with van der Waals surface area (Å²) in [7, 11) is 0. The molecule has 1 aromatic carbocycles. The summed E-state index contributed by atoms with van der Waals surface area (Å²) in [4.78, 5) is 23.8. The number of rotatable bonds is 1. The third kappa shape index (κ3) is 2.49. The minimum Gasteiger partial charge on any atom is -0.480 e. The van der Waals surface area contributed by atoms with Crippen LogP contribution in [0, 0.1) is 5.92 Å². The van der Waals surface area contributed by atoms with Gasteiger partial charge in [-0.3, -0.25) is 9.69 Å². The van der Waals surface area contributed by atoms with E-state index in [9.17, 15) is 27.9 Å². The molecule has 0 fully saturated rings. The second kappa shape index (κ2) is 5.26. The van der Waals surface area contributed by atoms with Gasteiger partial charge in [0, 0.05) is 22.5 Å². The first-order valence-corrected chi connectivity index (χ1v) is 7.19. The summed E-state index contributed by atoms with van der Waals surface area (Å²) < 4.78 is 38.9. The predicted octanol–water partition coefficient (Wildman–Crippen LogP) is 3.36. The molecule has 0 unspecified atom stereocenters. The average molecular weight is 346 g/mol. The number of alkyl halides is 3. The summed E-state index contributed by atoms with van der Waals surface area (Å²) >= 11 is 5.92. The lowest BCUT2D eigenvalue weighted by atomic mass is 9.78. The Bertz CT molecular complexity index is 716. The summed E-state index contributed by atoms with van der Waals surface area (Å²) in [5.74, 6) is -4.66. The van der Waals surface area contributed by atoms with Crippen LogP contribution in [-0.2, 0) is 9.59 Å². The van der Waals surface area contributed by atoms with Gasteiger partial charge in [-0.15, -0.1) is 0 Å². The second-order valence-corrected chi connectivity index (χ2v) is 5.95. The number of benzene rings is 1. The van der Waals surface area contributed by atoms with E-state index in [-0.39, 0.29) is 18.0 Å². The van der Waals surface area contributed by atoms with Gasteiger partial charge in [0.05, 0.1) is 0 Å². The highest BCUT2D eigenvalue weighted by atomic mass is 35.5. The van der Waals surface area contributed by atoms with Crippen LogP contribution in [-0.4, -0.2) is 29.2 Å². The Kier molecular flexibility index (Phi) is 3.63. The van der Waals surface area contributed by atoms with Gasteiger partial charge >= 0.3 is 18.1 Å². The SMILES string of the molecule is O=C(O)[C@@H]1[C@@H]2CC=C[C@@H]2c2cc(Cl)ccc2N1C(=O)C(F)(F)F. The highest BCUT2D eigenvalue weighted by molar-refractivity contribution is 6.30. The van der Waals surface area contributed by atoms with Crippen molar-refractivity contribution in [1.29, 1.82) is 0 Å². The molecule has 0 saturated heterocycles. The molecule has 0 saturated carbocycles. The lowest BCUT2D eigenvalue weighted by Gasteiger charge is -2.42. The molecule has 0 spiro atoms. The third-order valence-corrected chi connectivity index (χ3v) is 4.45. The average Bonchev–Trinajstić information content (AvgIpc) is 2.92. The smallest absolute Gasteiger partial charge is 0.471 e. The fourth-order valence-electron chi connectivity index (χ4n) is 3.35. The minimum atomic E-state index is -5.16. The minimum absolute atomic E-state index is 0.0584. The standard InChI is InChI=1S/C15H11ClF3NO3/c16-7-4-5-11-10(6-7)8-2-1-3-9(8)12(13(21)22)20(11)14(23)15(17,18)19/h1-2,4-6,8-9,12H,3H2,(H,21,22)/t8-,9+,12-/m0/s1. The Labute approximate surface area is 134 Å². The summed E-state index contributed by atoms with van der Waals surface area (Å²) in [5.41, 5.74) is 0.378. The maximum atomic E-state index is 13.0. The number of allylic oxidation sites excluding steroid dienone is 2. The van der Waals surface area contributed by atoms with E-state index in [4.69, 9.17) is 11.6 Å². The van der Waals surface area contributed by atoms with Crippen LogP contribution in [0.5, 0.6) is 0 Å². The first-order chi connectivity index (χ1) is 10.7. The number of carboxylic acids is 1. The first-order valence-electron chi connectivity index (χ1n) is 6.81. The van der Waals surface area contributed by atoms with Crippen molar-refractivity contribution in [3.8, 4) is 0 Å². The van der Waals surface area contributed by atoms with Crippen molar-refractivity contribution >= 4 is 29.2 Å². The van der Waals surface area contributed by atoms with Crippen LogP contribution < -0.4 is 4.90 Å². The molecule has 122 valence electrons. The highest BCUT2D eigenvalue weighted by Gasteiger charge is 2.53. The molecule has 1 N–H and O–H groups in total. The number of carbonyl (C=O) groups is 2. The van der Waals surface area contributed by atoms with Crippen LogP contribution in [0.1, 0.15) is 17.9 Å². The molecule has 0 radical (unpaired) electrons. The van der Waals surface area contributed by atoms with Crippen molar-refractivity contribution in [3.05, 3.63) is 40.9 Å². The van der Waals surface area contributed by atoms with E-state index in [0.717, 1.165) is 0 Å². The van der Waals surface area contributed by atoms with E-state index in [1.165, 1.54) is 18.2 Å². The normalized spacial score (nSPS) is 25.9. The number of amides is 1. The number of fused-ring (bicyclic) bond motifs is 3. The number of aliphatic carboxylic acids is 1. The van der Waals surface area contributed by atoms with Crippen molar-refractivity contribution in [2.75, 3.05) is 4.90 Å². The van der Waals surface area contributed by atoms with E-state index in [1.807, 2.05) is 0 Å². The second-order valence-electron chi connectivity index (χ2n) is 5.51. The maximum absolute atomic E-state index is 13.0. The predicted molar refractivity (Wildman–Crippen MR) is 76.4 cm³/mol. The molecule has 3 atom stereocenters. The Morgan fingerprint density at radius 3 is 2.61 bits per heavy atom. The van der Waals surface area contributed by atoms with Gasteiger partial charge in [-0.05, 0) is 30.2 Å². The van der Waals surface area contributed by atoms with E-state index in [2.05, 4.69) is 0 Å². The third-order valence-electron chi connectivity index (χ3n) is 4.22. The lowest BCUT2D eigenvalue weighted by Crippen LogP contribution is -2.56. The fourth-order valence-corrected chi connectivity index (χ4v) is 3.53. The van der Waals surface area contributed by atoms with Crippen LogP contribution in [0.4, 0.5) is 18.9 Å². The quantitative estimate of drug-likeness (QED) is 0.794. The summed E-state index contributed by atoms with van der Waals surface area (Å²) in [6, 6.07) is 2.52. The Morgan fingerprint density at radius 2 is 2.00 bits per heavy atom. The van der Waals surface area contributed by atoms with E-state index in [1.54, 1.807) is 12.2 Å². The molecule has 1 heterocycles. The molecular formula is C15H11ClF3NO3. The molecule has 1 aliphatic heterocycles. The Balaban J connectivity index is 2.21. The largest absolute Gasteiger partial charge is 0.480 e. The number of anilines is 1. The van der Waals surface area contributed by atoms with Gasteiger partial charge in [-0.1, -0.05) is 23.8 Å². The van der Waals surface area contributed by atoms with E-state index < -0.39 is 30.0 Å². The van der Waals surface area contributed by atoms with Gasteiger partial charge in [0.2, 0.25) is 0 Å². The van der Waals surface area contributed by atoms with Crippen LogP contribution in [0.3, 0.4) is 0 Å². The number of carbonyl (C=O) groups excluding carboxylic acids is 1. The molecule has 1 aromatic rings. The summed E-state index contributed by atoms with van der Waals surface area (Å²) in [5, 5.41) is 9.75. The molecule has 1 amide bonds. The van der Waals surface area contributed by atoms with Gasteiger partial charge in [-0.25, -0.2) is 4.79 Å². The van der Waals surface area contributed by atoms with Gasteiger partial charge in [0.1, 0.15) is 6.04 Å². The highest BCUT2D eigenvalue weighted by Crippen LogP contribution is 2.49. The Morgan fingerprint density at radius 1 is 1.30 bits per heavy atom. The molecule has 2 aliphatic rings. The summed E-state index contributed by atoms with van der Waals surface area (Å²) in [6.45, 7) is 0. The molecule has 0 bridgehead atoms. The van der Waals surface area contributed by atoms with Gasteiger partial charge < -0.3 is 5.11 Å². The molecule has 0 aromatic heterocycles. The van der Waals surface area contributed by atoms with Crippen LogP contribution in [0.15, 0.2) is 30.4 Å². The maximum Gasteiger partial charge on any atom is 0.471 e. The zero-order valence-corrected chi connectivity index (χ0v) is 12.3. The lowest BCUT2D eigenvalue weighted by molar-refractivity contribution is -0.172. The summed E-state index contributed by atoms with van der Waals surface area (Å²) in [6.07, 6.45) is -1.40. The number of halogens is 4. The monoisotopic (exact) mass is 345 g/mol. The number of nitrogens with zero attached hydrogens (tertiary/aromatic N) is 1. The number of carboxylic acid groups (broad SMARTS) is 1. The van der Waals surface area contributed by atoms with Crippen molar-refractivity contribution in [2.24, 2.45) is 5.92 Å². The van der Waals surface area contributed by atoms with Crippen molar-refractivity contribution in [3.63, 3.8) is 0 Å². The van der Waals surface area contributed by atoms with Gasteiger partial charge in [0.25, 0.3) is 0 Å². The van der Waals surface area contributed by atoms with Crippen molar-refractivity contribution in [2.45, 2.75) is 24.6 Å². The molecular weight excluding hydrogens is 335 g/mol. The zero-order chi connectivity index (χ0) is 16.9. The van der Waals surface area contributed by atoms with E-state index in [0.29, 0.717) is 15.5 Å². The molecule has 4 nitrogen and oxygen atoms in total. The first kappa shape index (κ1) is 15.9. The van der Waals surface area contributed by atoms with Gasteiger partial charge in [-0.2, -0.15) is 13.2 Å². The van der Waals surface area contributed by atoms with Crippen LogP contribution >= 0.6 is 11.6 Å². The van der Waals surface area contributed by atoms with E-state index >= 15 is 0 Å². The van der Waals surface area contributed by atoms with Crippen LogP contribution in [0.25, 0.3) is 0 Å². The van der Waals surface area contributed by atoms with Gasteiger partial charge in [0.15, 0.2) is 0 Å². The number of hydrogen-bond acceptors (Lipinski definition) is 2. The molecule has 8 heteroatoms.